The van der Waals surface area contributed by atoms with Crippen LogP contribution in [0.1, 0.15) is 75.9 Å². The fourth-order valence-electron chi connectivity index (χ4n) is 4.70. The molecular weight excluding hydrogens is 667 g/mol. The second-order valence-corrected chi connectivity index (χ2v) is 14.1. The van der Waals surface area contributed by atoms with Gasteiger partial charge in [-0.25, -0.2) is 0 Å². The monoisotopic (exact) mass is 702 g/mol. The normalized spacial score (nSPS) is 15.1. The lowest BCUT2D eigenvalue weighted by Crippen LogP contribution is -2.37. The second-order valence-electron chi connectivity index (χ2n) is 12.3. The average molecular weight is 704 g/mol. The molecule has 0 saturated heterocycles. The number of amidine groups is 1. The number of rotatable bonds is 10. The van der Waals surface area contributed by atoms with Gasteiger partial charge in [-0.2, -0.15) is 17.6 Å². The van der Waals surface area contributed by atoms with Crippen LogP contribution in [0.4, 0.5) is 11.4 Å². The Hall–Kier alpha value is -3.24. The van der Waals surface area contributed by atoms with Crippen molar-refractivity contribution in [2.24, 2.45) is 5.10 Å². The summed E-state index contributed by atoms with van der Waals surface area (Å²) in [5, 5.41) is 10.0. The minimum absolute atomic E-state index is 0.0109. The van der Waals surface area contributed by atoms with Crippen molar-refractivity contribution in [3.05, 3.63) is 86.4 Å². The molecule has 46 heavy (non-hydrogen) atoms. The van der Waals surface area contributed by atoms with E-state index in [9.17, 15) is 14.4 Å². The van der Waals surface area contributed by atoms with E-state index in [1.165, 1.54) is 23.8 Å². The topological polar surface area (TPSA) is 100 Å². The number of amides is 3. The van der Waals surface area contributed by atoms with Gasteiger partial charge in [0.2, 0.25) is 0 Å². The van der Waals surface area contributed by atoms with Gasteiger partial charge in [0.25, 0.3) is 17.7 Å². The van der Waals surface area contributed by atoms with Gasteiger partial charge in [-0.1, -0.05) is 94.5 Å². The van der Waals surface area contributed by atoms with Crippen LogP contribution in [0.5, 0.6) is 5.75 Å². The van der Waals surface area contributed by atoms with Crippen molar-refractivity contribution in [1.82, 2.24) is 5.32 Å². The zero-order valence-electron chi connectivity index (χ0n) is 26.5. The van der Waals surface area contributed by atoms with E-state index in [-0.39, 0.29) is 50.5 Å². The van der Waals surface area contributed by atoms with E-state index < -0.39 is 17.1 Å². The smallest absolute Gasteiger partial charge is 0.268 e. The van der Waals surface area contributed by atoms with E-state index in [2.05, 4.69) is 82.0 Å². The van der Waals surface area contributed by atoms with Crippen molar-refractivity contribution in [2.45, 2.75) is 70.5 Å². The summed E-state index contributed by atoms with van der Waals surface area (Å²) in [6, 6.07) is 15.4. The van der Waals surface area contributed by atoms with Gasteiger partial charge >= 0.3 is 0 Å². The summed E-state index contributed by atoms with van der Waals surface area (Å²) in [6.45, 7) is 12.8. The van der Waals surface area contributed by atoms with E-state index in [0.717, 1.165) is 23.4 Å². The standard InChI is InChI=1S/C34H37Cl3N4O4S/c1-7-33(3,4)20-12-13-26(23(15-20)34(5,6)8-2)45-18-27(42)38-22-11-9-10-19(14-22)31(43)39-30-29(46)32(44)41(40-30)28-24(36)16-21(35)17-25(28)37/h9-17,29,46H,7-8,18H2,1-6H3,(H,38,42)(H,39,40,43). The maximum atomic E-state index is 13.1. The predicted octanol–water partition coefficient (Wildman–Crippen LogP) is 8.43. The van der Waals surface area contributed by atoms with Crippen molar-refractivity contribution in [1.29, 1.82) is 0 Å². The molecule has 3 aromatic rings. The van der Waals surface area contributed by atoms with Gasteiger partial charge < -0.3 is 15.4 Å². The molecule has 0 saturated carbocycles. The number of thiol groups is 1. The summed E-state index contributed by atoms with van der Waals surface area (Å²) < 4.78 is 6.04. The molecule has 1 aliphatic heterocycles. The Morgan fingerprint density at radius 1 is 0.935 bits per heavy atom. The third-order valence-electron chi connectivity index (χ3n) is 8.37. The van der Waals surface area contributed by atoms with Gasteiger partial charge in [0.1, 0.15) is 16.7 Å². The van der Waals surface area contributed by atoms with Crippen molar-refractivity contribution in [3.8, 4) is 5.75 Å². The molecule has 1 aliphatic rings. The maximum Gasteiger partial charge on any atom is 0.268 e. The number of hydrogen-bond acceptors (Lipinski definition) is 6. The lowest BCUT2D eigenvalue weighted by Gasteiger charge is -2.30. The number of benzene rings is 3. The van der Waals surface area contributed by atoms with Crippen molar-refractivity contribution >= 4 is 82.4 Å². The Kier molecular flexibility index (Phi) is 11.0. The van der Waals surface area contributed by atoms with Crippen LogP contribution in [0.15, 0.2) is 59.7 Å². The van der Waals surface area contributed by atoms with Gasteiger partial charge in [0.05, 0.1) is 10.0 Å². The molecule has 1 unspecified atom stereocenters. The Bertz CT molecular complexity index is 1690. The lowest BCUT2D eigenvalue weighted by atomic mass is 9.76. The highest BCUT2D eigenvalue weighted by atomic mass is 35.5. The van der Waals surface area contributed by atoms with Crippen LogP contribution in [-0.2, 0) is 20.4 Å². The average Bonchev–Trinajstić information content (AvgIpc) is 3.27. The molecule has 0 fully saturated rings. The largest absolute Gasteiger partial charge is 0.483 e. The molecule has 2 N–H and O–H groups in total. The van der Waals surface area contributed by atoms with E-state index in [1.807, 2.05) is 6.07 Å². The maximum absolute atomic E-state index is 13.1. The van der Waals surface area contributed by atoms with Crippen LogP contribution in [0, 0.1) is 0 Å². The first kappa shape index (κ1) is 35.6. The van der Waals surface area contributed by atoms with Crippen LogP contribution < -0.4 is 20.4 Å². The summed E-state index contributed by atoms with van der Waals surface area (Å²) in [5.41, 5.74) is 2.87. The fourth-order valence-corrected chi connectivity index (χ4v) is 5.90. The summed E-state index contributed by atoms with van der Waals surface area (Å²) >= 11 is 22.8. The number of carbonyl (C=O) groups excluding carboxylic acids is 3. The molecule has 3 amide bonds. The van der Waals surface area contributed by atoms with Crippen LogP contribution >= 0.6 is 47.4 Å². The van der Waals surface area contributed by atoms with Crippen molar-refractivity contribution in [3.63, 3.8) is 0 Å². The van der Waals surface area contributed by atoms with Crippen molar-refractivity contribution in [2.75, 3.05) is 16.9 Å². The molecule has 0 spiro atoms. The van der Waals surface area contributed by atoms with Gasteiger partial charge in [0, 0.05) is 21.8 Å². The number of carbonyl (C=O) groups is 3. The minimum atomic E-state index is -1.07. The SMILES string of the molecule is CCC(C)(C)c1ccc(OCC(=O)Nc2cccc(C(=O)NC3=NN(c4c(Cl)cc(Cl)cc4Cl)C(=O)C3S)c2)c(C(C)(C)CC)c1. The first-order valence-corrected chi connectivity index (χ1v) is 16.5. The van der Waals surface area contributed by atoms with Gasteiger partial charge in [0.15, 0.2) is 12.4 Å². The van der Waals surface area contributed by atoms with Crippen LogP contribution in [0.25, 0.3) is 0 Å². The number of nitrogens with one attached hydrogen (secondary N) is 2. The molecule has 1 heterocycles. The number of hydrazone groups is 1. The van der Waals surface area contributed by atoms with Crippen LogP contribution in [0.3, 0.4) is 0 Å². The molecule has 0 aromatic heterocycles. The molecule has 0 bridgehead atoms. The van der Waals surface area contributed by atoms with Gasteiger partial charge in [-0.3, -0.25) is 14.4 Å². The van der Waals surface area contributed by atoms with Gasteiger partial charge in [-0.15, -0.1) is 5.10 Å². The third kappa shape index (κ3) is 7.82. The van der Waals surface area contributed by atoms with Crippen molar-refractivity contribution < 1.29 is 19.1 Å². The fraction of sp³-hybridized carbons (Fsp3) is 0.353. The number of nitrogens with zero attached hydrogens (tertiary/aromatic N) is 2. The molecule has 0 aliphatic carbocycles. The molecule has 8 nitrogen and oxygen atoms in total. The molecular formula is C34H37Cl3N4O4S. The number of halogens is 3. The Labute approximate surface area is 290 Å². The summed E-state index contributed by atoms with van der Waals surface area (Å²) in [5.74, 6) is -0.851. The highest BCUT2D eigenvalue weighted by Gasteiger charge is 2.37. The number of ether oxygens (including phenoxy) is 1. The van der Waals surface area contributed by atoms with Crippen LogP contribution in [0.2, 0.25) is 15.1 Å². The van der Waals surface area contributed by atoms with E-state index >= 15 is 0 Å². The Balaban J connectivity index is 1.45. The number of hydrogen-bond donors (Lipinski definition) is 3. The Morgan fingerprint density at radius 2 is 1.59 bits per heavy atom. The second kappa shape index (κ2) is 14.3. The zero-order chi connectivity index (χ0) is 34.0. The lowest BCUT2D eigenvalue weighted by molar-refractivity contribution is -0.118. The quantitative estimate of drug-likeness (QED) is 0.185. The zero-order valence-corrected chi connectivity index (χ0v) is 29.7. The highest BCUT2D eigenvalue weighted by molar-refractivity contribution is 7.82. The molecule has 12 heteroatoms. The Morgan fingerprint density at radius 3 is 2.22 bits per heavy atom. The number of anilines is 2. The highest BCUT2D eigenvalue weighted by Crippen LogP contribution is 2.40. The molecule has 4 rings (SSSR count). The summed E-state index contributed by atoms with van der Waals surface area (Å²) in [6.07, 6.45) is 1.89. The minimum Gasteiger partial charge on any atom is -0.483 e. The van der Waals surface area contributed by atoms with Gasteiger partial charge in [-0.05, 0) is 65.6 Å². The molecule has 0 radical (unpaired) electrons. The third-order valence-corrected chi connectivity index (χ3v) is 9.63. The molecule has 244 valence electrons. The van der Waals surface area contributed by atoms with E-state index in [1.54, 1.807) is 18.2 Å². The van der Waals surface area contributed by atoms with Crippen LogP contribution in [-0.4, -0.2) is 35.4 Å². The summed E-state index contributed by atoms with van der Waals surface area (Å²) in [4.78, 5) is 39.0. The predicted molar refractivity (Wildman–Crippen MR) is 190 cm³/mol. The molecule has 3 aromatic carbocycles. The first-order valence-electron chi connectivity index (χ1n) is 14.8. The van der Waals surface area contributed by atoms with E-state index in [0.29, 0.717) is 16.5 Å². The first-order chi connectivity index (χ1) is 21.6. The van der Waals surface area contributed by atoms with E-state index in [4.69, 9.17) is 39.5 Å². The molecule has 1 atom stereocenters. The summed E-state index contributed by atoms with van der Waals surface area (Å²) in [7, 11) is 0.